The Balaban J connectivity index is 1.67. The minimum Gasteiger partial charge on any atom is -0.481 e. The molecule has 120 valence electrons. The second-order valence-electron chi connectivity index (χ2n) is 5.74. The van der Waals surface area contributed by atoms with E-state index in [1.807, 2.05) is 35.7 Å². The Morgan fingerprint density at radius 3 is 2.70 bits per heavy atom. The molecular formula is C17H18N2O3S. The van der Waals surface area contributed by atoms with Crippen molar-refractivity contribution in [2.75, 3.05) is 13.1 Å². The van der Waals surface area contributed by atoms with Crippen LogP contribution < -0.4 is 0 Å². The minimum atomic E-state index is -0.839. The van der Waals surface area contributed by atoms with Crippen LogP contribution in [0.5, 0.6) is 0 Å². The molecule has 1 amide bonds. The number of aromatic nitrogens is 1. The van der Waals surface area contributed by atoms with E-state index in [1.165, 1.54) is 11.3 Å². The number of carbonyl (C=O) groups is 2. The molecule has 0 unspecified atom stereocenters. The van der Waals surface area contributed by atoms with Crippen LogP contribution in [0.2, 0.25) is 0 Å². The Kier molecular flexibility index (Phi) is 4.71. The van der Waals surface area contributed by atoms with Gasteiger partial charge in [0.25, 0.3) is 0 Å². The number of likely N-dealkylation sites (tertiary alicyclic amines) is 1. The molecule has 2 heterocycles. The number of carboxylic acid groups (broad SMARTS) is 1. The van der Waals surface area contributed by atoms with Crippen molar-refractivity contribution in [2.24, 2.45) is 5.92 Å². The fraction of sp³-hybridized carbons (Fsp3) is 0.353. The van der Waals surface area contributed by atoms with Crippen molar-refractivity contribution in [2.45, 2.75) is 18.8 Å². The maximum atomic E-state index is 12.4. The van der Waals surface area contributed by atoms with E-state index in [4.69, 9.17) is 0 Å². The lowest BCUT2D eigenvalue weighted by atomic mass is 9.89. The topological polar surface area (TPSA) is 70.5 Å². The van der Waals surface area contributed by atoms with Crippen LogP contribution in [0.15, 0.2) is 41.2 Å². The summed E-state index contributed by atoms with van der Waals surface area (Å²) in [5.41, 5.74) is 3.65. The molecule has 0 spiro atoms. The van der Waals surface area contributed by atoms with E-state index in [1.54, 1.807) is 10.4 Å². The highest BCUT2D eigenvalue weighted by atomic mass is 32.1. The second kappa shape index (κ2) is 6.91. The van der Waals surface area contributed by atoms with E-state index in [-0.39, 0.29) is 18.4 Å². The van der Waals surface area contributed by atoms with Crippen LogP contribution in [0.25, 0.3) is 0 Å². The number of benzene rings is 1. The number of thiazole rings is 1. The van der Waals surface area contributed by atoms with Gasteiger partial charge in [-0.05, 0) is 12.0 Å². The largest absolute Gasteiger partial charge is 0.481 e. The number of carbonyl (C=O) groups excluding carboxylic acids is 1. The van der Waals surface area contributed by atoms with Crippen molar-refractivity contribution in [1.29, 1.82) is 0 Å². The maximum Gasteiger partial charge on any atom is 0.308 e. The van der Waals surface area contributed by atoms with Crippen LogP contribution in [0.3, 0.4) is 0 Å². The van der Waals surface area contributed by atoms with Crippen molar-refractivity contribution < 1.29 is 14.7 Å². The molecule has 0 aliphatic carbocycles. The molecule has 2 atom stereocenters. The average Bonchev–Trinajstić information content (AvgIpc) is 3.23. The fourth-order valence-electron chi connectivity index (χ4n) is 3.05. The number of carboxylic acids is 1. The molecule has 2 aromatic rings. The third-order valence-electron chi connectivity index (χ3n) is 4.30. The SMILES string of the molecule is O=C(O)[C@@H]1CN(C(=O)CCc2cscn2)C[C@@H]1c1ccccc1. The predicted molar refractivity (Wildman–Crippen MR) is 87.3 cm³/mol. The molecule has 1 saturated heterocycles. The lowest BCUT2D eigenvalue weighted by molar-refractivity contribution is -0.141. The highest BCUT2D eigenvalue weighted by molar-refractivity contribution is 7.07. The third-order valence-corrected chi connectivity index (χ3v) is 4.93. The number of rotatable bonds is 5. The number of amides is 1. The molecule has 1 aliphatic heterocycles. The van der Waals surface area contributed by atoms with Gasteiger partial charge in [-0.25, -0.2) is 4.98 Å². The number of aryl methyl sites for hydroxylation is 1. The molecule has 0 radical (unpaired) electrons. The van der Waals surface area contributed by atoms with Crippen LogP contribution in [-0.2, 0) is 16.0 Å². The van der Waals surface area contributed by atoms with Gasteiger partial charge in [-0.1, -0.05) is 30.3 Å². The smallest absolute Gasteiger partial charge is 0.308 e. The van der Waals surface area contributed by atoms with Gasteiger partial charge in [-0.2, -0.15) is 0 Å². The Hall–Kier alpha value is -2.21. The van der Waals surface area contributed by atoms with Crippen LogP contribution >= 0.6 is 11.3 Å². The predicted octanol–water partition coefficient (Wildman–Crippen LogP) is 2.40. The normalized spacial score (nSPS) is 20.6. The van der Waals surface area contributed by atoms with Gasteiger partial charge in [-0.15, -0.1) is 11.3 Å². The lowest BCUT2D eigenvalue weighted by Gasteiger charge is -2.16. The summed E-state index contributed by atoms with van der Waals surface area (Å²) in [4.78, 5) is 29.8. The average molecular weight is 330 g/mol. The quantitative estimate of drug-likeness (QED) is 0.914. The molecule has 3 rings (SSSR count). The summed E-state index contributed by atoms with van der Waals surface area (Å²) in [6, 6.07) is 9.58. The van der Waals surface area contributed by atoms with Crippen LogP contribution in [0.1, 0.15) is 23.6 Å². The molecule has 1 aromatic heterocycles. The van der Waals surface area contributed by atoms with Gasteiger partial charge < -0.3 is 10.0 Å². The van der Waals surface area contributed by atoms with Crippen LogP contribution in [-0.4, -0.2) is 40.0 Å². The van der Waals surface area contributed by atoms with Crippen molar-refractivity contribution in [3.63, 3.8) is 0 Å². The number of aliphatic carboxylic acids is 1. The van der Waals surface area contributed by atoms with Gasteiger partial charge in [-0.3, -0.25) is 9.59 Å². The minimum absolute atomic E-state index is 0.00248. The molecule has 6 heteroatoms. The maximum absolute atomic E-state index is 12.4. The first kappa shape index (κ1) is 15.7. The highest BCUT2D eigenvalue weighted by Crippen LogP contribution is 2.33. The van der Waals surface area contributed by atoms with E-state index >= 15 is 0 Å². The molecular weight excluding hydrogens is 312 g/mol. The Labute approximate surface area is 138 Å². The molecule has 0 bridgehead atoms. The molecule has 23 heavy (non-hydrogen) atoms. The van der Waals surface area contributed by atoms with Gasteiger partial charge in [0.2, 0.25) is 5.91 Å². The van der Waals surface area contributed by atoms with E-state index in [2.05, 4.69) is 4.98 Å². The van der Waals surface area contributed by atoms with Gasteiger partial charge in [0.05, 0.1) is 17.1 Å². The number of hydrogen-bond donors (Lipinski definition) is 1. The third kappa shape index (κ3) is 3.59. The second-order valence-corrected chi connectivity index (χ2v) is 6.46. The summed E-state index contributed by atoms with van der Waals surface area (Å²) < 4.78 is 0. The van der Waals surface area contributed by atoms with E-state index < -0.39 is 11.9 Å². The summed E-state index contributed by atoms with van der Waals surface area (Å²) in [5.74, 6) is -1.52. The van der Waals surface area contributed by atoms with Gasteiger partial charge >= 0.3 is 5.97 Å². The molecule has 0 saturated carbocycles. The van der Waals surface area contributed by atoms with Gasteiger partial charge in [0.15, 0.2) is 0 Å². The van der Waals surface area contributed by atoms with Crippen molar-refractivity contribution >= 4 is 23.2 Å². The summed E-state index contributed by atoms with van der Waals surface area (Å²) in [5, 5.41) is 11.4. The summed E-state index contributed by atoms with van der Waals surface area (Å²) >= 11 is 1.51. The first-order chi connectivity index (χ1) is 11.1. The highest BCUT2D eigenvalue weighted by Gasteiger charge is 2.40. The fourth-order valence-corrected chi connectivity index (χ4v) is 3.64. The molecule has 1 fully saturated rings. The first-order valence-corrected chi connectivity index (χ1v) is 8.52. The van der Waals surface area contributed by atoms with Crippen molar-refractivity contribution in [3.8, 4) is 0 Å². The van der Waals surface area contributed by atoms with Crippen LogP contribution in [0.4, 0.5) is 0 Å². The summed E-state index contributed by atoms with van der Waals surface area (Å²) in [6.45, 7) is 0.752. The van der Waals surface area contributed by atoms with E-state index in [0.717, 1.165) is 11.3 Å². The first-order valence-electron chi connectivity index (χ1n) is 7.57. The zero-order valence-corrected chi connectivity index (χ0v) is 13.4. The zero-order chi connectivity index (χ0) is 16.2. The molecule has 5 nitrogen and oxygen atoms in total. The van der Waals surface area contributed by atoms with Gasteiger partial charge in [0.1, 0.15) is 0 Å². The Bertz CT molecular complexity index is 672. The summed E-state index contributed by atoms with van der Waals surface area (Å²) in [6.07, 6.45) is 0.976. The van der Waals surface area contributed by atoms with Crippen molar-refractivity contribution in [3.05, 3.63) is 52.5 Å². The number of hydrogen-bond acceptors (Lipinski definition) is 4. The lowest BCUT2D eigenvalue weighted by Crippen LogP contribution is -2.30. The molecule has 1 N–H and O–H groups in total. The molecule has 1 aliphatic rings. The van der Waals surface area contributed by atoms with E-state index in [0.29, 0.717) is 19.4 Å². The van der Waals surface area contributed by atoms with E-state index in [9.17, 15) is 14.7 Å². The monoisotopic (exact) mass is 330 g/mol. The summed E-state index contributed by atoms with van der Waals surface area (Å²) in [7, 11) is 0. The Morgan fingerprint density at radius 2 is 2.04 bits per heavy atom. The Morgan fingerprint density at radius 1 is 1.26 bits per heavy atom. The van der Waals surface area contributed by atoms with Crippen molar-refractivity contribution in [1.82, 2.24) is 9.88 Å². The zero-order valence-electron chi connectivity index (χ0n) is 12.6. The van der Waals surface area contributed by atoms with Gasteiger partial charge in [0, 0.05) is 30.8 Å². The van der Waals surface area contributed by atoms with Crippen LogP contribution in [0, 0.1) is 5.92 Å². The number of nitrogens with zero attached hydrogens (tertiary/aromatic N) is 2. The standard InChI is InChI=1S/C17H18N2O3S/c20-16(7-6-13-10-23-11-18-13)19-8-14(15(9-19)17(21)22)12-4-2-1-3-5-12/h1-5,10-11,14-15H,6-9H2,(H,21,22)/t14-,15-/m1/s1. The molecule has 1 aromatic carbocycles.